The third-order valence-corrected chi connectivity index (χ3v) is 6.21. The standard InChI is InChI=1S/C22H28N4O3S/c1-4-12-30-22-24-21-23-15-8-7-9-16(27)19(15)20(26(21)25-22)14-10-11-17(28-5-2)18(13-14)29-6-3/h10-11,13,20H,4-9,12H2,1-3H3,(H,23,24,25). The molecule has 30 heavy (non-hydrogen) atoms. The van der Waals surface area contributed by atoms with Crippen LogP contribution in [0.15, 0.2) is 34.6 Å². The minimum absolute atomic E-state index is 0.171. The number of fused-ring (bicyclic) bond motifs is 1. The molecular formula is C22H28N4O3S. The van der Waals surface area contributed by atoms with Crippen LogP contribution in [0.25, 0.3) is 0 Å². The van der Waals surface area contributed by atoms with E-state index in [2.05, 4.69) is 17.2 Å². The minimum Gasteiger partial charge on any atom is -0.490 e. The van der Waals surface area contributed by atoms with Crippen molar-refractivity contribution in [2.24, 2.45) is 0 Å². The quantitative estimate of drug-likeness (QED) is 0.616. The van der Waals surface area contributed by atoms with E-state index in [-0.39, 0.29) is 11.8 Å². The molecule has 2 heterocycles. The number of aromatic nitrogens is 3. The van der Waals surface area contributed by atoms with Crippen molar-refractivity contribution < 1.29 is 14.3 Å². The number of nitrogens with one attached hydrogen (secondary N) is 1. The number of carbonyl (C=O) groups is 1. The molecule has 1 aliphatic heterocycles. The fourth-order valence-electron chi connectivity index (χ4n) is 3.94. The van der Waals surface area contributed by atoms with Gasteiger partial charge in [0.2, 0.25) is 11.1 Å². The molecule has 0 saturated heterocycles. The molecule has 160 valence electrons. The summed E-state index contributed by atoms with van der Waals surface area (Å²) < 4.78 is 13.4. The minimum atomic E-state index is -0.317. The number of rotatable bonds is 8. The number of benzene rings is 1. The predicted molar refractivity (Wildman–Crippen MR) is 117 cm³/mol. The Labute approximate surface area is 181 Å². The van der Waals surface area contributed by atoms with Crippen molar-refractivity contribution in [3.8, 4) is 11.5 Å². The van der Waals surface area contributed by atoms with E-state index < -0.39 is 0 Å². The molecule has 2 aromatic rings. The highest BCUT2D eigenvalue weighted by atomic mass is 32.2. The van der Waals surface area contributed by atoms with Crippen molar-refractivity contribution in [1.82, 2.24) is 14.8 Å². The lowest BCUT2D eigenvalue weighted by Gasteiger charge is -2.32. The molecule has 1 aliphatic carbocycles. The topological polar surface area (TPSA) is 78.3 Å². The van der Waals surface area contributed by atoms with E-state index in [1.807, 2.05) is 36.7 Å². The smallest absolute Gasteiger partial charge is 0.227 e. The lowest BCUT2D eigenvalue weighted by molar-refractivity contribution is -0.116. The molecule has 4 rings (SSSR count). The van der Waals surface area contributed by atoms with Crippen LogP contribution in [0.3, 0.4) is 0 Å². The first-order valence-electron chi connectivity index (χ1n) is 10.7. The SMILES string of the molecule is CCCSc1nc2n(n1)C(c1ccc(OCC)c(OCC)c1)C1=C(CCCC1=O)N2. The van der Waals surface area contributed by atoms with E-state index in [1.165, 1.54) is 0 Å². The summed E-state index contributed by atoms with van der Waals surface area (Å²) in [5.41, 5.74) is 2.71. The number of hydrogen-bond donors (Lipinski definition) is 1. The van der Waals surface area contributed by atoms with Crippen LogP contribution in [0, 0.1) is 0 Å². The number of anilines is 1. The molecule has 1 aromatic heterocycles. The Morgan fingerprint density at radius 1 is 1.17 bits per heavy atom. The zero-order chi connectivity index (χ0) is 21.1. The summed E-state index contributed by atoms with van der Waals surface area (Å²) in [6.07, 6.45) is 3.32. The average molecular weight is 429 g/mol. The van der Waals surface area contributed by atoms with Gasteiger partial charge in [-0.15, -0.1) is 5.10 Å². The van der Waals surface area contributed by atoms with Gasteiger partial charge in [-0.2, -0.15) is 4.98 Å². The maximum atomic E-state index is 13.0. The number of carbonyl (C=O) groups excluding carboxylic acids is 1. The second-order valence-corrected chi connectivity index (χ2v) is 8.34. The molecule has 0 radical (unpaired) electrons. The van der Waals surface area contributed by atoms with E-state index in [0.29, 0.717) is 37.1 Å². The Bertz CT molecular complexity index is 969. The predicted octanol–water partition coefficient (Wildman–Crippen LogP) is 4.60. The highest BCUT2D eigenvalue weighted by Crippen LogP contribution is 2.42. The van der Waals surface area contributed by atoms with Crippen molar-refractivity contribution in [1.29, 1.82) is 0 Å². The number of Topliss-reactive ketones (excluding diaryl/α,β-unsaturated/α-hetero) is 1. The molecule has 1 N–H and O–H groups in total. The third-order valence-electron chi connectivity index (χ3n) is 5.17. The molecule has 8 heteroatoms. The van der Waals surface area contributed by atoms with Crippen molar-refractivity contribution >= 4 is 23.5 Å². The molecule has 0 saturated carbocycles. The molecule has 0 fully saturated rings. The number of ether oxygens (including phenoxy) is 2. The van der Waals surface area contributed by atoms with Crippen molar-refractivity contribution in [2.45, 2.75) is 57.7 Å². The monoisotopic (exact) mass is 428 g/mol. The first-order valence-corrected chi connectivity index (χ1v) is 11.7. The summed E-state index contributed by atoms with van der Waals surface area (Å²) >= 11 is 1.63. The van der Waals surface area contributed by atoms with Crippen LogP contribution in [0.1, 0.15) is 58.1 Å². The van der Waals surface area contributed by atoms with Gasteiger partial charge in [-0.1, -0.05) is 24.8 Å². The fraction of sp³-hybridized carbons (Fsp3) is 0.500. The van der Waals surface area contributed by atoms with E-state index in [9.17, 15) is 4.79 Å². The van der Waals surface area contributed by atoms with Gasteiger partial charge in [-0.25, -0.2) is 4.68 Å². The number of allylic oxidation sites excluding steroid dienone is 2. The molecule has 0 amide bonds. The first kappa shape index (κ1) is 20.8. The van der Waals surface area contributed by atoms with E-state index >= 15 is 0 Å². The normalized spacial score (nSPS) is 18.0. The third kappa shape index (κ3) is 3.93. The molecule has 1 unspecified atom stereocenters. The zero-order valence-corrected chi connectivity index (χ0v) is 18.6. The van der Waals surface area contributed by atoms with Crippen LogP contribution in [0.4, 0.5) is 5.95 Å². The summed E-state index contributed by atoms with van der Waals surface area (Å²) in [5, 5.41) is 8.86. The Morgan fingerprint density at radius 3 is 2.73 bits per heavy atom. The summed E-state index contributed by atoms with van der Waals surface area (Å²) in [5.74, 6) is 3.21. The molecule has 1 aromatic carbocycles. The van der Waals surface area contributed by atoms with Crippen LogP contribution in [0.5, 0.6) is 11.5 Å². The second kappa shape index (κ2) is 9.12. The highest BCUT2D eigenvalue weighted by molar-refractivity contribution is 7.99. The van der Waals surface area contributed by atoms with E-state index in [1.54, 1.807) is 11.8 Å². The van der Waals surface area contributed by atoms with Gasteiger partial charge in [-0.05, 0) is 50.8 Å². The number of hydrogen-bond acceptors (Lipinski definition) is 7. The van der Waals surface area contributed by atoms with E-state index in [0.717, 1.165) is 47.0 Å². The maximum Gasteiger partial charge on any atom is 0.227 e. The molecule has 1 atom stereocenters. The molecule has 0 spiro atoms. The average Bonchev–Trinajstić information content (AvgIpc) is 3.15. The van der Waals surface area contributed by atoms with Crippen LogP contribution in [0.2, 0.25) is 0 Å². The Hall–Kier alpha value is -2.48. The van der Waals surface area contributed by atoms with Crippen molar-refractivity contribution in [3.63, 3.8) is 0 Å². The largest absolute Gasteiger partial charge is 0.490 e. The molecule has 0 bridgehead atoms. The van der Waals surface area contributed by atoms with Gasteiger partial charge in [0.15, 0.2) is 17.3 Å². The van der Waals surface area contributed by atoms with E-state index in [4.69, 9.17) is 14.6 Å². The summed E-state index contributed by atoms with van der Waals surface area (Å²) in [7, 11) is 0. The van der Waals surface area contributed by atoms with Crippen molar-refractivity contribution in [2.75, 3.05) is 24.3 Å². The summed E-state index contributed by atoms with van der Waals surface area (Å²) in [6.45, 7) is 7.13. The van der Waals surface area contributed by atoms with Crippen LogP contribution in [-0.4, -0.2) is 39.5 Å². The molecule has 2 aliphatic rings. The van der Waals surface area contributed by atoms with Gasteiger partial charge in [0.05, 0.1) is 13.2 Å². The summed E-state index contributed by atoms with van der Waals surface area (Å²) in [6, 6.07) is 5.58. The number of nitrogens with zero attached hydrogens (tertiary/aromatic N) is 3. The lowest BCUT2D eigenvalue weighted by atomic mass is 9.85. The maximum absolute atomic E-state index is 13.0. The fourth-order valence-corrected chi connectivity index (χ4v) is 4.62. The number of ketones is 1. The van der Waals surface area contributed by atoms with Gasteiger partial charge < -0.3 is 14.8 Å². The molecular weight excluding hydrogens is 400 g/mol. The van der Waals surface area contributed by atoms with Crippen LogP contribution in [-0.2, 0) is 4.79 Å². The Kier molecular flexibility index (Phi) is 6.32. The van der Waals surface area contributed by atoms with Crippen molar-refractivity contribution in [3.05, 3.63) is 35.0 Å². The van der Waals surface area contributed by atoms with Crippen LogP contribution < -0.4 is 14.8 Å². The van der Waals surface area contributed by atoms with Gasteiger partial charge in [0, 0.05) is 23.4 Å². The molecule has 7 nitrogen and oxygen atoms in total. The highest BCUT2D eigenvalue weighted by Gasteiger charge is 2.37. The Morgan fingerprint density at radius 2 is 1.97 bits per heavy atom. The number of thioether (sulfide) groups is 1. The second-order valence-electron chi connectivity index (χ2n) is 7.28. The lowest BCUT2D eigenvalue weighted by Crippen LogP contribution is -2.31. The van der Waals surface area contributed by atoms with Gasteiger partial charge in [0.1, 0.15) is 6.04 Å². The van der Waals surface area contributed by atoms with Gasteiger partial charge in [-0.3, -0.25) is 4.79 Å². The first-order chi connectivity index (χ1) is 14.7. The zero-order valence-electron chi connectivity index (χ0n) is 17.7. The van der Waals surface area contributed by atoms with Gasteiger partial charge >= 0.3 is 0 Å². The Balaban J connectivity index is 1.81. The summed E-state index contributed by atoms with van der Waals surface area (Å²) in [4.78, 5) is 17.6. The van der Waals surface area contributed by atoms with Gasteiger partial charge in [0.25, 0.3) is 0 Å². The van der Waals surface area contributed by atoms with Crippen LogP contribution >= 0.6 is 11.8 Å².